The lowest BCUT2D eigenvalue weighted by atomic mass is 10.1. The maximum Gasteiger partial charge on any atom is 0.414 e. The van der Waals surface area contributed by atoms with Gasteiger partial charge in [0.05, 0.1) is 10.7 Å². The molecule has 3 aromatic rings. The Bertz CT molecular complexity index is 960. The summed E-state index contributed by atoms with van der Waals surface area (Å²) in [5.74, 6) is -0.117. The Morgan fingerprint density at radius 1 is 1.42 bits per heavy atom. The van der Waals surface area contributed by atoms with Gasteiger partial charge < -0.3 is 20.8 Å². The van der Waals surface area contributed by atoms with Crippen LogP contribution in [0.15, 0.2) is 36.7 Å². The van der Waals surface area contributed by atoms with Gasteiger partial charge in [-0.3, -0.25) is 0 Å². The summed E-state index contributed by atoms with van der Waals surface area (Å²) in [6.45, 7) is 2.00. The number of ether oxygens (including phenoxy) is 1. The summed E-state index contributed by atoms with van der Waals surface area (Å²) in [6.07, 6.45) is 2.60. The van der Waals surface area contributed by atoms with E-state index in [-0.39, 0.29) is 23.4 Å². The van der Waals surface area contributed by atoms with Crippen LogP contribution in [-0.2, 0) is 6.54 Å². The Hall–Kier alpha value is -3.13. The van der Waals surface area contributed by atoms with E-state index in [4.69, 9.17) is 22.1 Å². The minimum absolute atomic E-state index is 0.00818. The number of anilines is 1. The van der Waals surface area contributed by atoms with Gasteiger partial charge in [0.15, 0.2) is 0 Å². The van der Waals surface area contributed by atoms with E-state index in [0.717, 1.165) is 5.56 Å². The van der Waals surface area contributed by atoms with E-state index in [1.807, 2.05) is 6.92 Å². The first-order valence-electron chi connectivity index (χ1n) is 7.60. The molecule has 26 heavy (non-hydrogen) atoms. The highest BCUT2D eigenvalue weighted by Gasteiger charge is 2.11. The molecule has 0 saturated carbocycles. The minimum atomic E-state index is -0.669. The van der Waals surface area contributed by atoms with Crippen LogP contribution >= 0.6 is 11.6 Å². The topological polar surface area (TPSA) is 106 Å². The van der Waals surface area contributed by atoms with Crippen LogP contribution in [0.2, 0.25) is 5.02 Å². The molecule has 1 amide bonds. The van der Waals surface area contributed by atoms with Gasteiger partial charge in [-0.2, -0.15) is 0 Å². The van der Waals surface area contributed by atoms with Crippen LogP contribution in [0.5, 0.6) is 5.88 Å². The summed E-state index contributed by atoms with van der Waals surface area (Å²) in [5.41, 5.74) is 8.44. The predicted molar refractivity (Wildman–Crippen MR) is 95.2 cm³/mol. The van der Waals surface area contributed by atoms with Crippen LogP contribution in [-0.4, -0.2) is 21.0 Å². The average molecular weight is 376 g/mol. The maximum absolute atomic E-state index is 13.1. The van der Waals surface area contributed by atoms with Gasteiger partial charge in [-0.05, 0) is 30.2 Å². The number of aryl methyl sites for hydroxylation is 1. The van der Waals surface area contributed by atoms with Crippen LogP contribution in [0.25, 0.3) is 11.3 Å². The van der Waals surface area contributed by atoms with E-state index in [9.17, 15) is 9.18 Å². The Kier molecular flexibility index (Phi) is 5.04. The molecule has 0 bridgehead atoms. The molecule has 0 radical (unpaired) electrons. The number of nitrogens with zero attached hydrogens (tertiary/aromatic N) is 2. The van der Waals surface area contributed by atoms with Crippen molar-refractivity contribution >= 4 is 23.6 Å². The number of nitrogen functional groups attached to an aromatic ring is 1. The van der Waals surface area contributed by atoms with E-state index in [0.29, 0.717) is 16.8 Å². The van der Waals surface area contributed by atoms with E-state index < -0.39 is 11.9 Å². The van der Waals surface area contributed by atoms with Crippen molar-refractivity contribution in [3.8, 4) is 17.1 Å². The smallest absolute Gasteiger partial charge is 0.393 e. The molecule has 3 rings (SSSR count). The van der Waals surface area contributed by atoms with Crippen LogP contribution in [0, 0.1) is 12.7 Å². The van der Waals surface area contributed by atoms with Gasteiger partial charge in [0, 0.05) is 30.6 Å². The molecule has 0 unspecified atom stereocenters. The zero-order chi connectivity index (χ0) is 18.7. The van der Waals surface area contributed by atoms with Crippen molar-refractivity contribution in [3.63, 3.8) is 0 Å². The van der Waals surface area contributed by atoms with Crippen molar-refractivity contribution in [1.29, 1.82) is 0 Å². The number of nitrogens with one attached hydrogen (secondary N) is 2. The maximum atomic E-state index is 13.1. The number of H-pyrrole nitrogens is 1. The molecule has 0 fully saturated rings. The van der Waals surface area contributed by atoms with Gasteiger partial charge in [-0.25, -0.2) is 19.2 Å². The third kappa shape index (κ3) is 4.09. The molecule has 7 nitrogen and oxygen atoms in total. The Morgan fingerprint density at radius 2 is 2.23 bits per heavy atom. The SMILES string of the molecule is Cc1cnc(N)nc1-c1c[nH]c(OC(=O)NCc2ccc(F)c(Cl)c2)c1. The van der Waals surface area contributed by atoms with Crippen molar-refractivity contribution in [2.75, 3.05) is 5.73 Å². The molecule has 2 aromatic heterocycles. The summed E-state index contributed by atoms with van der Waals surface area (Å²) in [5, 5.41) is 2.55. The van der Waals surface area contributed by atoms with E-state index >= 15 is 0 Å². The summed E-state index contributed by atoms with van der Waals surface area (Å²) < 4.78 is 18.3. The number of amides is 1. The Labute approximate surface area is 153 Å². The molecule has 0 atom stereocenters. The first-order chi connectivity index (χ1) is 12.4. The summed E-state index contributed by atoms with van der Waals surface area (Å²) in [6, 6.07) is 5.82. The molecular formula is C17H15ClFN5O2. The fourth-order valence-electron chi connectivity index (χ4n) is 2.28. The molecule has 9 heteroatoms. The minimum Gasteiger partial charge on any atom is -0.393 e. The van der Waals surface area contributed by atoms with Crippen molar-refractivity contribution in [2.24, 2.45) is 0 Å². The largest absolute Gasteiger partial charge is 0.414 e. The van der Waals surface area contributed by atoms with Crippen molar-refractivity contribution in [1.82, 2.24) is 20.3 Å². The molecule has 0 spiro atoms. The van der Waals surface area contributed by atoms with Crippen LogP contribution in [0.3, 0.4) is 0 Å². The number of hydrogen-bond donors (Lipinski definition) is 3. The number of carbonyl (C=O) groups is 1. The number of nitrogens with two attached hydrogens (primary N) is 1. The summed E-state index contributed by atoms with van der Waals surface area (Å²) >= 11 is 5.70. The number of aromatic amines is 1. The zero-order valence-corrected chi connectivity index (χ0v) is 14.5. The lowest BCUT2D eigenvalue weighted by Crippen LogP contribution is -2.26. The van der Waals surface area contributed by atoms with Gasteiger partial charge in [0.1, 0.15) is 5.82 Å². The number of aromatic nitrogens is 3. The monoisotopic (exact) mass is 375 g/mol. The lowest BCUT2D eigenvalue weighted by molar-refractivity contribution is 0.198. The van der Waals surface area contributed by atoms with Gasteiger partial charge in [0.2, 0.25) is 11.8 Å². The number of rotatable bonds is 4. The fraction of sp³-hybridized carbons (Fsp3) is 0.118. The number of halogens is 2. The molecule has 0 aliphatic rings. The third-order valence-electron chi connectivity index (χ3n) is 3.54. The lowest BCUT2D eigenvalue weighted by Gasteiger charge is -2.06. The third-order valence-corrected chi connectivity index (χ3v) is 3.83. The summed E-state index contributed by atoms with van der Waals surface area (Å²) in [7, 11) is 0. The first-order valence-corrected chi connectivity index (χ1v) is 7.97. The van der Waals surface area contributed by atoms with Crippen molar-refractivity contribution < 1.29 is 13.9 Å². The first kappa shape index (κ1) is 17.7. The molecule has 0 aliphatic carbocycles. The second kappa shape index (κ2) is 7.40. The molecule has 0 aliphatic heterocycles. The van der Waals surface area contributed by atoms with Crippen LogP contribution < -0.4 is 15.8 Å². The second-order valence-electron chi connectivity index (χ2n) is 5.50. The standard InChI is InChI=1S/C17H15ClFN5O2/c1-9-6-22-16(20)24-15(9)11-5-14(21-8-11)26-17(25)23-7-10-2-3-13(19)12(18)4-10/h2-6,8,21H,7H2,1H3,(H,23,25)(H2,20,22,24). The molecule has 2 heterocycles. The van der Waals surface area contributed by atoms with Gasteiger partial charge >= 0.3 is 6.09 Å². The van der Waals surface area contributed by atoms with E-state index in [1.54, 1.807) is 18.5 Å². The zero-order valence-electron chi connectivity index (χ0n) is 13.7. The van der Waals surface area contributed by atoms with E-state index in [2.05, 4.69) is 20.3 Å². The van der Waals surface area contributed by atoms with E-state index in [1.165, 1.54) is 18.2 Å². The number of benzene rings is 1. The molecule has 0 saturated heterocycles. The fourth-order valence-corrected chi connectivity index (χ4v) is 2.48. The van der Waals surface area contributed by atoms with Gasteiger partial charge in [-0.15, -0.1) is 0 Å². The number of carbonyl (C=O) groups excluding carboxylic acids is 1. The molecule has 134 valence electrons. The quantitative estimate of drug-likeness (QED) is 0.647. The average Bonchev–Trinajstić information content (AvgIpc) is 3.06. The number of hydrogen-bond acceptors (Lipinski definition) is 5. The Morgan fingerprint density at radius 3 is 3.00 bits per heavy atom. The predicted octanol–water partition coefficient (Wildman–Crippen LogP) is 3.44. The second-order valence-corrected chi connectivity index (χ2v) is 5.91. The van der Waals surface area contributed by atoms with Crippen LogP contribution in [0.1, 0.15) is 11.1 Å². The van der Waals surface area contributed by atoms with Gasteiger partial charge in [-0.1, -0.05) is 17.7 Å². The van der Waals surface area contributed by atoms with Crippen molar-refractivity contribution in [3.05, 3.63) is 58.6 Å². The van der Waals surface area contributed by atoms with Gasteiger partial charge in [0.25, 0.3) is 0 Å². The van der Waals surface area contributed by atoms with Crippen molar-refractivity contribution in [2.45, 2.75) is 13.5 Å². The Balaban J connectivity index is 1.62. The summed E-state index contributed by atoms with van der Waals surface area (Å²) in [4.78, 5) is 22.8. The highest BCUT2D eigenvalue weighted by Crippen LogP contribution is 2.25. The highest BCUT2D eigenvalue weighted by molar-refractivity contribution is 6.30. The normalized spacial score (nSPS) is 10.6. The molecule has 1 aromatic carbocycles. The molecular weight excluding hydrogens is 361 g/mol. The van der Waals surface area contributed by atoms with Crippen LogP contribution in [0.4, 0.5) is 15.1 Å². The molecule has 4 N–H and O–H groups in total. The highest BCUT2D eigenvalue weighted by atomic mass is 35.5.